The molecule has 1 aromatic rings. The maximum Gasteiger partial charge on any atom is 0.220 e. The van der Waals surface area contributed by atoms with Crippen LogP contribution in [0, 0.1) is 5.92 Å². The molecule has 0 aliphatic heterocycles. The second-order valence-corrected chi connectivity index (χ2v) is 9.22. The number of aryl methyl sites for hydroxylation is 1. The molecule has 1 unspecified atom stereocenters. The van der Waals surface area contributed by atoms with Crippen LogP contribution >= 0.6 is 0 Å². The Morgan fingerprint density at radius 2 is 1.55 bits per heavy atom. The first kappa shape index (κ1) is 28.9. The molecule has 4 nitrogen and oxygen atoms in total. The van der Waals surface area contributed by atoms with Crippen LogP contribution in [0.15, 0.2) is 41.8 Å². The average Bonchev–Trinajstić information content (AvgIpc) is 2.83. The van der Waals surface area contributed by atoms with Crippen LogP contribution in [0.2, 0.25) is 0 Å². The second-order valence-electron chi connectivity index (χ2n) is 9.22. The van der Waals surface area contributed by atoms with Gasteiger partial charge in [0.1, 0.15) is 5.76 Å². The average molecular weight is 457 g/mol. The molecule has 186 valence electrons. The number of rotatable bonds is 19. The maximum absolute atomic E-state index is 11.8. The van der Waals surface area contributed by atoms with Crippen molar-refractivity contribution in [3.05, 3.63) is 47.7 Å². The number of amides is 1. The molecule has 1 atom stereocenters. The minimum atomic E-state index is 0.0276. The van der Waals surface area contributed by atoms with Gasteiger partial charge in [0.15, 0.2) is 0 Å². The molecular weight excluding hydrogens is 408 g/mol. The van der Waals surface area contributed by atoms with Crippen molar-refractivity contribution in [1.82, 2.24) is 5.32 Å². The van der Waals surface area contributed by atoms with Crippen LogP contribution in [0.3, 0.4) is 0 Å². The molecule has 0 radical (unpaired) electrons. The van der Waals surface area contributed by atoms with E-state index < -0.39 is 0 Å². The van der Waals surface area contributed by atoms with Crippen molar-refractivity contribution in [3.63, 3.8) is 0 Å². The summed E-state index contributed by atoms with van der Waals surface area (Å²) in [5.74, 6) is 0.752. The molecule has 0 spiro atoms. The summed E-state index contributed by atoms with van der Waals surface area (Å²) in [6.45, 7) is 12.8. The van der Waals surface area contributed by atoms with E-state index in [0.29, 0.717) is 12.2 Å². The minimum absolute atomic E-state index is 0.0276. The fraction of sp³-hybridized carbons (Fsp3) is 0.655. The Morgan fingerprint density at radius 3 is 2.15 bits per heavy atom. The van der Waals surface area contributed by atoms with Crippen LogP contribution in [0.25, 0.3) is 0 Å². The van der Waals surface area contributed by atoms with Gasteiger partial charge in [0.05, 0.1) is 12.3 Å². The van der Waals surface area contributed by atoms with Gasteiger partial charge in [0.25, 0.3) is 0 Å². The number of carbonyl (C=O) groups is 1. The van der Waals surface area contributed by atoms with E-state index in [1.165, 1.54) is 56.9 Å². The smallest absolute Gasteiger partial charge is 0.220 e. The third-order valence-corrected chi connectivity index (χ3v) is 6.16. The van der Waals surface area contributed by atoms with Gasteiger partial charge in [-0.1, -0.05) is 115 Å². The molecular formula is C29H48N2O2. The summed E-state index contributed by atoms with van der Waals surface area (Å²) in [6, 6.07) is 8.75. The monoisotopic (exact) mass is 456 g/mol. The summed E-state index contributed by atoms with van der Waals surface area (Å²) >= 11 is 0. The van der Waals surface area contributed by atoms with E-state index in [0.717, 1.165) is 37.0 Å². The molecule has 0 aromatic heterocycles. The molecule has 0 aliphatic carbocycles. The number of hydrogen-bond donors (Lipinski definition) is 1. The van der Waals surface area contributed by atoms with Crippen molar-refractivity contribution in [2.75, 3.05) is 6.54 Å². The van der Waals surface area contributed by atoms with Crippen molar-refractivity contribution in [3.8, 4) is 0 Å². The summed E-state index contributed by atoms with van der Waals surface area (Å²) < 4.78 is 0. The molecule has 0 aliphatic rings. The van der Waals surface area contributed by atoms with E-state index in [9.17, 15) is 4.79 Å². The van der Waals surface area contributed by atoms with Gasteiger partial charge in [-0.05, 0) is 36.8 Å². The molecule has 0 saturated heterocycles. The number of unbranched alkanes of at least 4 members (excludes halogenated alkanes) is 8. The van der Waals surface area contributed by atoms with Gasteiger partial charge in [0, 0.05) is 12.3 Å². The van der Waals surface area contributed by atoms with Crippen molar-refractivity contribution < 1.29 is 9.63 Å². The highest BCUT2D eigenvalue weighted by molar-refractivity contribution is 6.01. The molecule has 1 amide bonds. The zero-order valence-corrected chi connectivity index (χ0v) is 21.8. The van der Waals surface area contributed by atoms with Crippen LogP contribution in [0.5, 0.6) is 0 Å². The van der Waals surface area contributed by atoms with Gasteiger partial charge in [-0.3, -0.25) is 4.79 Å². The fourth-order valence-electron chi connectivity index (χ4n) is 3.69. The largest absolute Gasteiger partial charge is 0.360 e. The first-order chi connectivity index (χ1) is 16.0. The molecule has 1 aromatic carbocycles. The molecule has 4 heteroatoms. The van der Waals surface area contributed by atoms with E-state index in [2.05, 4.69) is 69.0 Å². The molecule has 1 rings (SSSR count). The van der Waals surface area contributed by atoms with E-state index in [4.69, 9.17) is 4.84 Å². The van der Waals surface area contributed by atoms with Gasteiger partial charge in [-0.2, -0.15) is 0 Å². The zero-order chi connectivity index (χ0) is 24.3. The summed E-state index contributed by atoms with van der Waals surface area (Å²) in [6.07, 6.45) is 15.3. The molecule has 33 heavy (non-hydrogen) atoms. The Morgan fingerprint density at radius 1 is 0.939 bits per heavy atom. The van der Waals surface area contributed by atoms with Gasteiger partial charge < -0.3 is 10.2 Å². The highest BCUT2D eigenvalue weighted by Gasteiger charge is 2.13. The third-order valence-electron chi connectivity index (χ3n) is 6.16. The van der Waals surface area contributed by atoms with Crippen LogP contribution in [0.4, 0.5) is 0 Å². The number of nitrogens with zero attached hydrogens (tertiary/aromatic N) is 1. The summed E-state index contributed by atoms with van der Waals surface area (Å²) in [5, 5.41) is 7.26. The number of carbonyl (C=O) groups excluding carboxylic acids is 1. The van der Waals surface area contributed by atoms with Crippen LogP contribution in [-0.2, 0) is 16.1 Å². The number of nitrogens with one attached hydrogen (secondary N) is 1. The lowest BCUT2D eigenvalue weighted by atomic mass is 9.95. The van der Waals surface area contributed by atoms with Crippen molar-refractivity contribution >= 4 is 11.6 Å². The predicted molar refractivity (Wildman–Crippen MR) is 142 cm³/mol. The summed E-state index contributed by atoms with van der Waals surface area (Å²) in [4.78, 5) is 17.3. The van der Waals surface area contributed by atoms with Crippen molar-refractivity contribution in [1.29, 1.82) is 0 Å². The van der Waals surface area contributed by atoms with Crippen molar-refractivity contribution in [2.45, 2.75) is 111 Å². The standard InChI is InChI=1S/C29H48N2O2/c1-6-9-11-12-13-14-15-16-17-26-19-21-27(22-20-26)29(24(4)8-3)31-33-25(5)23-30-28(32)18-10-7-2/h19-22,24H,5-18,23H2,1-4H3,(H,30,32)/b31-29+. The molecule has 0 saturated carbocycles. The van der Waals surface area contributed by atoms with Gasteiger partial charge in [-0.15, -0.1) is 0 Å². The van der Waals surface area contributed by atoms with Crippen LogP contribution in [-0.4, -0.2) is 18.2 Å². The molecule has 0 heterocycles. The van der Waals surface area contributed by atoms with E-state index >= 15 is 0 Å². The second kappa shape index (κ2) is 18.3. The lowest BCUT2D eigenvalue weighted by Gasteiger charge is -2.14. The topological polar surface area (TPSA) is 50.7 Å². The maximum atomic E-state index is 11.8. The Hall–Kier alpha value is -2.10. The normalized spacial score (nSPS) is 12.4. The Kier molecular flexibility index (Phi) is 16.1. The highest BCUT2D eigenvalue weighted by atomic mass is 16.6. The first-order valence-electron chi connectivity index (χ1n) is 13.3. The predicted octanol–water partition coefficient (Wildman–Crippen LogP) is 7.96. The fourth-order valence-corrected chi connectivity index (χ4v) is 3.69. The van der Waals surface area contributed by atoms with Crippen molar-refractivity contribution in [2.24, 2.45) is 11.1 Å². The molecule has 0 fully saturated rings. The Labute approximate surface area is 203 Å². The highest BCUT2D eigenvalue weighted by Crippen LogP contribution is 2.17. The molecule has 0 bridgehead atoms. The zero-order valence-electron chi connectivity index (χ0n) is 21.8. The molecule has 1 N–H and O–H groups in total. The van der Waals surface area contributed by atoms with Crippen LogP contribution in [0.1, 0.15) is 116 Å². The van der Waals surface area contributed by atoms with Gasteiger partial charge in [-0.25, -0.2) is 0 Å². The van der Waals surface area contributed by atoms with Gasteiger partial charge >= 0.3 is 0 Å². The number of oxime groups is 1. The van der Waals surface area contributed by atoms with E-state index in [-0.39, 0.29) is 18.4 Å². The Balaban J connectivity index is 2.52. The summed E-state index contributed by atoms with van der Waals surface area (Å²) in [5.41, 5.74) is 3.40. The third kappa shape index (κ3) is 13.3. The first-order valence-corrected chi connectivity index (χ1v) is 13.3. The summed E-state index contributed by atoms with van der Waals surface area (Å²) in [7, 11) is 0. The SMILES string of the molecule is C=C(CNC(=O)CCCC)O/N=C(/c1ccc(CCCCCCCCCC)cc1)C(C)CC. The van der Waals surface area contributed by atoms with Crippen LogP contribution < -0.4 is 5.32 Å². The van der Waals surface area contributed by atoms with Gasteiger partial charge in [0.2, 0.25) is 5.91 Å². The minimum Gasteiger partial charge on any atom is -0.360 e. The van der Waals surface area contributed by atoms with E-state index in [1.54, 1.807) is 0 Å². The van der Waals surface area contributed by atoms with E-state index in [1.807, 2.05) is 0 Å². The quantitative estimate of drug-likeness (QED) is 0.0993. The number of hydrogen-bond acceptors (Lipinski definition) is 3. The number of benzene rings is 1. The lowest BCUT2D eigenvalue weighted by Crippen LogP contribution is -2.25. The lowest BCUT2D eigenvalue weighted by molar-refractivity contribution is -0.121. The Bertz CT molecular complexity index is 694.